The summed E-state index contributed by atoms with van der Waals surface area (Å²) in [7, 11) is 0. The molecule has 0 amide bonds. The summed E-state index contributed by atoms with van der Waals surface area (Å²) >= 11 is 4.18. The molecule has 0 aliphatic heterocycles. The average Bonchev–Trinajstić information content (AvgIpc) is 2.77. The van der Waals surface area contributed by atoms with Crippen molar-refractivity contribution < 1.29 is 19.8 Å². The van der Waals surface area contributed by atoms with Crippen LogP contribution in [0.25, 0.3) is 0 Å². The van der Waals surface area contributed by atoms with Gasteiger partial charge in [-0.05, 0) is 18.6 Å². The molecule has 0 aliphatic rings. The highest BCUT2D eigenvalue weighted by molar-refractivity contribution is 7.80. The minimum atomic E-state index is -0.453. The SMILES string of the molecule is O=C(CCCCCCCCCCS)On1c(O)ccc1O. The van der Waals surface area contributed by atoms with Crippen LogP contribution in [-0.4, -0.2) is 26.7 Å². The summed E-state index contributed by atoms with van der Waals surface area (Å²) in [6, 6.07) is 2.52. The normalized spacial score (nSPS) is 10.7. The third-order valence-corrected chi connectivity index (χ3v) is 3.60. The fraction of sp³-hybridized carbons (Fsp3) is 0.667. The van der Waals surface area contributed by atoms with Gasteiger partial charge in [0.05, 0.1) is 0 Å². The van der Waals surface area contributed by atoms with Crippen molar-refractivity contribution in [2.75, 3.05) is 5.75 Å². The highest BCUT2D eigenvalue weighted by Gasteiger charge is 2.11. The molecule has 5 nitrogen and oxygen atoms in total. The summed E-state index contributed by atoms with van der Waals surface area (Å²) in [6.45, 7) is 0. The molecule has 0 radical (unpaired) electrons. The predicted molar refractivity (Wildman–Crippen MR) is 84.8 cm³/mol. The third-order valence-electron chi connectivity index (χ3n) is 3.28. The van der Waals surface area contributed by atoms with Gasteiger partial charge in [0, 0.05) is 18.6 Å². The van der Waals surface area contributed by atoms with Crippen molar-refractivity contribution in [2.45, 2.75) is 57.8 Å². The van der Waals surface area contributed by atoms with Gasteiger partial charge in [-0.15, -0.1) is 4.73 Å². The lowest BCUT2D eigenvalue weighted by Gasteiger charge is -2.06. The molecule has 0 unspecified atom stereocenters. The molecule has 21 heavy (non-hydrogen) atoms. The van der Waals surface area contributed by atoms with Crippen LogP contribution in [0.1, 0.15) is 57.8 Å². The lowest BCUT2D eigenvalue weighted by atomic mass is 10.1. The molecule has 0 bridgehead atoms. The Morgan fingerprint density at radius 1 is 0.952 bits per heavy atom. The number of hydrogen-bond acceptors (Lipinski definition) is 5. The van der Waals surface area contributed by atoms with E-state index in [1.165, 1.54) is 44.2 Å². The smallest absolute Gasteiger partial charge is 0.333 e. The van der Waals surface area contributed by atoms with E-state index < -0.39 is 5.97 Å². The lowest BCUT2D eigenvalue weighted by Crippen LogP contribution is -2.18. The third kappa shape index (κ3) is 7.32. The van der Waals surface area contributed by atoms with Crippen LogP contribution in [0.5, 0.6) is 11.8 Å². The molecule has 0 aromatic carbocycles. The Labute approximate surface area is 131 Å². The Kier molecular flexibility index (Phi) is 8.82. The van der Waals surface area contributed by atoms with E-state index in [4.69, 9.17) is 4.84 Å². The fourth-order valence-electron chi connectivity index (χ4n) is 2.08. The predicted octanol–water partition coefficient (Wildman–Crippen LogP) is 3.30. The molecule has 0 aliphatic carbocycles. The van der Waals surface area contributed by atoms with Gasteiger partial charge in [-0.1, -0.05) is 38.5 Å². The number of carbonyl (C=O) groups excluding carboxylic acids is 1. The van der Waals surface area contributed by atoms with Crippen molar-refractivity contribution in [1.29, 1.82) is 0 Å². The summed E-state index contributed by atoms with van der Waals surface area (Å²) in [6.07, 6.45) is 9.29. The van der Waals surface area contributed by atoms with Crippen molar-refractivity contribution in [3.8, 4) is 11.8 Å². The molecule has 0 atom stereocenters. The largest absolute Gasteiger partial charge is 0.492 e. The second kappa shape index (κ2) is 10.4. The lowest BCUT2D eigenvalue weighted by molar-refractivity contribution is -0.145. The standard InChI is InChI=1S/C15H25NO4S/c17-13-10-11-14(18)16(13)20-15(19)9-7-5-3-1-2-4-6-8-12-21/h10-11,17-18,21H,1-9,12H2. The van der Waals surface area contributed by atoms with E-state index in [1.54, 1.807) is 0 Å². The first-order valence-corrected chi connectivity index (χ1v) is 8.20. The first-order chi connectivity index (χ1) is 10.1. The molecular weight excluding hydrogens is 290 g/mol. The maximum Gasteiger partial charge on any atom is 0.333 e. The molecule has 1 aromatic heterocycles. The highest BCUT2D eigenvalue weighted by atomic mass is 32.1. The van der Waals surface area contributed by atoms with Crippen LogP contribution in [0.15, 0.2) is 12.1 Å². The van der Waals surface area contributed by atoms with Gasteiger partial charge in [0.1, 0.15) is 0 Å². The van der Waals surface area contributed by atoms with Gasteiger partial charge in [0.15, 0.2) is 0 Å². The van der Waals surface area contributed by atoms with Crippen LogP contribution in [0.2, 0.25) is 0 Å². The van der Waals surface area contributed by atoms with Gasteiger partial charge < -0.3 is 15.1 Å². The zero-order chi connectivity index (χ0) is 15.5. The summed E-state index contributed by atoms with van der Waals surface area (Å²) < 4.78 is 0.726. The van der Waals surface area contributed by atoms with E-state index in [-0.39, 0.29) is 18.2 Å². The number of thiol groups is 1. The number of aromatic nitrogens is 1. The van der Waals surface area contributed by atoms with Crippen molar-refractivity contribution >= 4 is 18.6 Å². The zero-order valence-electron chi connectivity index (χ0n) is 12.3. The number of carbonyl (C=O) groups is 1. The number of rotatable bonds is 11. The van der Waals surface area contributed by atoms with Crippen LogP contribution in [0, 0.1) is 0 Å². The van der Waals surface area contributed by atoms with E-state index in [2.05, 4.69) is 12.6 Å². The zero-order valence-corrected chi connectivity index (χ0v) is 13.2. The monoisotopic (exact) mass is 315 g/mol. The van der Waals surface area contributed by atoms with E-state index in [0.29, 0.717) is 0 Å². The Hall–Kier alpha value is -1.30. The first kappa shape index (κ1) is 17.8. The van der Waals surface area contributed by atoms with Gasteiger partial charge in [-0.2, -0.15) is 12.6 Å². The van der Waals surface area contributed by atoms with E-state index in [9.17, 15) is 15.0 Å². The topological polar surface area (TPSA) is 71.7 Å². The molecular formula is C15H25NO4S. The quantitative estimate of drug-likeness (QED) is 0.433. The van der Waals surface area contributed by atoms with Crippen molar-refractivity contribution in [2.24, 2.45) is 0 Å². The molecule has 0 saturated carbocycles. The second-order valence-corrected chi connectivity index (χ2v) is 5.56. The molecule has 120 valence electrons. The number of nitrogens with zero attached hydrogens (tertiary/aromatic N) is 1. The molecule has 6 heteroatoms. The fourth-order valence-corrected chi connectivity index (χ4v) is 2.31. The van der Waals surface area contributed by atoms with Gasteiger partial charge in [-0.3, -0.25) is 0 Å². The number of aromatic hydroxyl groups is 2. The molecule has 0 saturated heterocycles. The van der Waals surface area contributed by atoms with Crippen molar-refractivity contribution in [3.63, 3.8) is 0 Å². The van der Waals surface area contributed by atoms with Crippen LogP contribution in [0.3, 0.4) is 0 Å². The molecule has 2 N–H and O–H groups in total. The maximum absolute atomic E-state index is 11.5. The number of hydrogen-bond donors (Lipinski definition) is 3. The van der Waals surface area contributed by atoms with Gasteiger partial charge in [-0.25, -0.2) is 4.79 Å². The van der Waals surface area contributed by atoms with Gasteiger partial charge >= 0.3 is 5.97 Å². The molecule has 1 heterocycles. The Balaban J connectivity index is 2.01. The molecule has 1 aromatic rings. The molecule has 0 fully saturated rings. The van der Waals surface area contributed by atoms with E-state index in [0.717, 1.165) is 29.7 Å². The Morgan fingerprint density at radius 3 is 1.95 bits per heavy atom. The van der Waals surface area contributed by atoms with E-state index >= 15 is 0 Å². The summed E-state index contributed by atoms with van der Waals surface area (Å²) in [5, 5.41) is 18.7. The molecule has 1 rings (SSSR count). The van der Waals surface area contributed by atoms with Crippen LogP contribution < -0.4 is 4.84 Å². The maximum atomic E-state index is 11.5. The van der Waals surface area contributed by atoms with Gasteiger partial charge in [0.25, 0.3) is 0 Å². The first-order valence-electron chi connectivity index (χ1n) is 7.57. The highest BCUT2D eigenvalue weighted by Crippen LogP contribution is 2.19. The summed E-state index contributed by atoms with van der Waals surface area (Å²) in [5.74, 6) is -0.0658. The van der Waals surface area contributed by atoms with Crippen molar-refractivity contribution in [1.82, 2.24) is 4.73 Å². The van der Waals surface area contributed by atoms with E-state index in [1.807, 2.05) is 0 Å². The summed E-state index contributed by atoms with van der Waals surface area (Å²) in [5.41, 5.74) is 0. The van der Waals surface area contributed by atoms with Crippen LogP contribution in [0.4, 0.5) is 0 Å². The molecule has 0 spiro atoms. The summed E-state index contributed by atoms with van der Waals surface area (Å²) in [4.78, 5) is 16.4. The minimum absolute atomic E-state index is 0.288. The Morgan fingerprint density at radius 2 is 1.43 bits per heavy atom. The Bertz CT molecular complexity index is 400. The van der Waals surface area contributed by atoms with Crippen LogP contribution >= 0.6 is 12.6 Å². The van der Waals surface area contributed by atoms with Crippen LogP contribution in [-0.2, 0) is 4.79 Å². The number of unbranched alkanes of at least 4 members (excludes halogenated alkanes) is 7. The second-order valence-electron chi connectivity index (χ2n) is 5.11. The average molecular weight is 315 g/mol. The van der Waals surface area contributed by atoms with Crippen molar-refractivity contribution in [3.05, 3.63) is 12.1 Å². The van der Waals surface area contributed by atoms with Gasteiger partial charge in [0.2, 0.25) is 11.8 Å². The minimum Gasteiger partial charge on any atom is -0.492 e.